The van der Waals surface area contributed by atoms with Crippen molar-refractivity contribution in [2.75, 3.05) is 0 Å². The van der Waals surface area contributed by atoms with Crippen LogP contribution in [0.3, 0.4) is 0 Å². The standard InChI is InChI=1S/C10H16O2/c1-6-9-7(2)8(3)11-10(4,5)12-9/h6H,1-5H3/b9-6-. The lowest BCUT2D eigenvalue weighted by atomic mass is 10.1. The fraction of sp³-hybridized carbons (Fsp3) is 0.600. The first kappa shape index (κ1) is 9.17. The van der Waals surface area contributed by atoms with Gasteiger partial charge >= 0.3 is 0 Å². The van der Waals surface area contributed by atoms with E-state index in [-0.39, 0.29) is 0 Å². The first-order valence-electron chi connectivity index (χ1n) is 4.18. The lowest BCUT2D eigenvalue weighted by Crippen LogP contribution is -2.31. The van der Waals surface area contributed by atoms with Crippen LogP contribution in [-0.2, 0) is 9.47 Å². The Morgan fingerprint density at radius 1 is 1.17 bits per heavy atom. The van der Waals surface area contributed by atoms with Gasteiger partial charge in [-0.05, 0) is 26.8 Å². The normalized spacial score (nSPS) is 25.2. The van der Waals surface area contributed by atoms with E-state index in [0.29, 0.717) is 0 Å². The molecule has 0 atom stereocenters. The van der Waals surface area contributed by atoms with Crippen LogP contribution in [-0.4, -0.2) is 5.79 Å². The van der Waals surface area contributed by atoms with E-state index >= 15 is 0 Å². The predicted octanol–water partition coefficient (Wildman–Crippen LogP) is 2.97. The summed E-state index contributed by atoms with van der Waals surface area (Å²) in [7, 11) is 0. The van der Waals surface area contributed by atoms with Crippen molar-refractivity contribution in [1.29, 1.82) is 0 Å². The third-order valence-corrected chi connectivity index (χ3v) is 1.91. The molecule has 2 nitrogen and oxygen atoms in total. The minimum Gasteiger partial charge on any atom is -0.457 e. The first-order valence-corrected chi connectivity index (χ1v) is 4.18. The van der Waals surface area contributed by atoms with Gasteiger partial charge in [-0.3, -0.25) is 0 Å². The van der Waals surface area contributed by atoms with Crippen LogP contribution in [0.1, 0.15) is 34.6 Å². The van der Waals surface area contributed by atoms with Crippen LogP contribution in [0.4, 0.5) is 0 Å². The Balaban J connectivity index is 3.02. The fourth-order valence-electron chi connectivity index (χ4n) is 1.26. The molecule has 0 saturated carbocycles. The van der Waals surface area contributed by atoms with Crippen LogP contribution in [0.25, 0.3) is 0 Å². The van der Waals surface area contributed by atoms with Crippen molar-refractivity contribution in [1.82, 2.24) is 0 Å². The monoisotopic (exact) mass is 168 g/mol. The van der Waals surface area contributed by atoms with E-state index in [1.54, 1.807) is 0 Å². The van der Waals surface area contributed by atoms with Crippen LogP contribution >= 0.6 is 0 Å². The summed E-state index contributed by atoms with van der Waals surface area (Å²) >= 11 is 0. The molecule has 0 amide bonds. The molecule has 68 valence electrons. The third-order valence-electron chi connectivity index (χ3n) is 1.91. The minimum atomic E-state index is -0.522. The molecule has 0 aromatic carbocycles. The van der Waals surface area contributed by atoms with Gasteiger partial charge < -0.3 is 9.47 Å². The fourth-order valence-corrected chi connectivity index (χ4v) is 1.26. The van der Waals surface area contributed by atoms with E-state index in [0.717, 1.165) is 17.1 Å². The van der Waals surface area contributed by atoms with Crippen LogP contribution in [0.5, 0.6) is 0 Å². The molecule has 0 saturated heterocycles. The van der Waals surface area contributed by atoms with E-state index in [1.807, 2.05) is 40.7 Å². The summed E-state index contributed by atoms with van der Waals surface area (Å²) < 4.78 is 11.1. The Labute approximate surface area is 73.9 Å². The maximum absolute atomic E-state index is 5.59. The van der Waals surface area contributed by atoms with Crippen molar-refractivity contribution < 1.29 is 9.47 Å². The highest BCUT2D eigenvalue weighted by molar-refractivity contribution is 5.27. The van der Waals surface area contributed by atoms with E-state index in [4.69, 9.17) is 9.47 Å². The Hall–Kier alpha value is -0.920. The summed E-state index contributed by atoms with van der Waals surface area (Å²) in [6.07, 6.45) is 1.96. The van der Waals surface area contributed by atoms with Gasteiger partial charge in [0.2, 0.25) is 5.79 Å². The first-order chi connectivity index (χ1) is 5.46. The number of rotatable bonds is 0. The van der Waals surface area contributed by atoms with Gasteiger partial charge in [-0.2, -0.15) is 0 Å². The summed E-state index contributed by atoms with van der Waals surface area (Å²) in [5, 5.41) is 0. The average molecular weight is 168 g/mol. The smallest absolute Gasteiger partial charge is 0.245 e. The largest absolute Gasteiger partial charge is 0.457 e. The van der Waals surface area contributed by atoms with Crippen LogP contribution in [0.2, 0.25) is 0 Å². The second-order valence-electron chi connectivity index (χ2n) is 3.44. The molecule has 12 heavy (non-hydrogen) atoms. The van der Waals surface area contributed by atoms with Crippen molar-refractivity contribution in [3.05, 3.63) is 23.2 Å². The van der Waals surface area contributed by atoms with Gasteiger partial charge in [0.15, 0.2) is 0 Å². The van der Waals surface area contributed by atoms with Crippen molar-refractivity contribution in [3.63, 3.8) is 0 Å². The number of hydrogen-bond acceptors (Lipinski definition) is 2. The molecule has 0 radical (unpaired) electrons. The number of hydrogen-bond donors (Lipinski definition) is 0. The summed E-state index contributed by atoms with van der Waals surface area (Å²) in [4.78, 5) is 0. The molecular weight excluding hydrogens is 152 g/mol. The van der Waals surface area contributed by atoms with Gasteiger partial charge in [0, 0.05) is 19.4 Å². The maximum atomic E-state index is 5.59. The van der Waals surface area contributed by atoms with Gasteiger partial charge in [0.05, 0.1) is 0 Å². The van der Waals surface area contributed by atoms with Gasteiger partial charge in [-0.15, -0.1) is 0 Å². The summed E-state index contributed by atoms with van der Waals surface area (Å²) in [6.45, 7) is 9.75. The lowest BCUT2D eigenvalue weighted by molar-refractivity contribution is -0.174. The summed E-state index contributed by atoms with van der Waals surface area (Å²) in [6, 6.07) is 0. The second-order valence-corrected chi connectivity index (χ2v) is 3.44. The Morgan fingerprint density at radius 2 is 1.75 bits per heavy atom. The Morgan fingerprint density at radius 3 is 2.25 bits per heavy atom. The Kier molecular flexibility index (Phi) is 2.18. The zero-order valence-corrected chi connectivity index (χ0v) is 8.39. The quantitative estimate of drug-likeness (QED) is 0.553. The van der Waals surface area contributed by atoms with Gasteiger partial charge in [-0.1, -0.05) is 0 Å². The SMILES string of the molecule is C/C=C1\OC(C)(C)OC(C)=C1C. The van der Waals surface area contributed by atoms with Gasteiger partial charge in [-0.25, -0.2) is 0 Å². The highest BCUT2D eigenvalue weighted by Gasteiger charge is 2.28. The van der Waals surface area contributed by atoms with E-state index in [1.165, 1.54) is 0 Å². The molecule has 0 unspecified atom stereocenters. The molecule has 0 N–H and O–H groups in total. The van der Waals surface area contributed by atoms with Crippen LogP contribution in [0.15, 0.2) is 23.2 Å². The van der Waals surface area contributed by atoms with Crippen LogP contribution in [0, 0.1) is 0 Å². The molecule has 0 spiro atoms. The maximum Gasteiger partial charge on any atom is 0.245 e. The van der Waals surface area contributed by atoms with Crippen molar-refractivity contribution in [2.45, 2.75) is 40.4 Å². The molecule has 1 heterocycles. The average Bonchev–Trinajstić information content (AvgIpc) is 1.96. The molecule has 2 heteroatoms. The van der Waals surface area contributed by atoms with Crippen molar-refractivity contribution in [3.8, 4) is 0 Å². The highest BCUT2D eigenvalue weighted by atomic mass is 16.7. The Bertz CT molecular complexity index is 247. The second kappa shape index (κ2) is 2.85. The third kappa shape index (κ3) is 1.63. The van der Waals surface area contributed by atoms with Crippen molar-refractivity contribution >= 4 is 0 Å². The zero-order chi connectivity index (χ0) is 9.35. The lowest BCUT2D eigenvalue weighted by Gasteiger charge is -2.34. The number of allylic oxidation sites excluding steroid dienone is 3. The molecule has 1 aliphatic rings. The molecule has 0 aromatic rings. The number of ether oxygens (including phenoxy) is 2. The van der Waals surface area contributed by atoms with Gasteiger partial charge in [0.1, 0.15) is 11.5 Å². The van der Waals surface area contributed by atoms with E-state index < -0.39 is 5.79 Å². The molecule has 1 aliphatic heterocycles. The van der Waals surface area contributed by atoms with Gasteiger partial charge in [0.25, 0.3) is 0 Å². The van der Waals surface area contributed by atoms with E-state index in [9.17, 15) is 0 Å². The topological polar surface area (TPSA) is 18.5 Å². The molecule has 1 rings (SSSR count). The summed E-state index contributed by atoms with van der Waals surface area (Å²) in [5.74, 6) is 1.34. The molecular formula is C10H16O2. The van der Waals surface area contributed by atoms with E-state index in [2.05, 4.69) is 0 Å². The molecule has 0 aromatic heterocycles. The molecule has 0 fully saturated rings. The molecule has 0 aliphatic carbocycles. The zero-order valence-electron chi connectivity index (χ0n) is 8.39. The highest BCUT2D eigenvalue weighted by Crippen LogP contribution is 2.31. The molecule has 0 bridgehead atoms. The predicted molar refractivity (Wildman–Crippen MR) is 48.4 cm³/mol. The minimum absolute atomic E-state index is 0.522. The van der Waals surface area contributed by atoms with Crippen molar-refractivity contribution in [2.24, 2.45) is 0 Å². The van der Waals surface area contributed by atoms with Crippen LogP contribution < -0.4 is 0 Å². The summed E-state index contributed by atoms with van der Waals surface area (Å²) in [5.41, 5.74) is 1.08.